The predicted molar refractivity (Wildman–Crippen MR) is 77.6 cm³/mol. The van der Waals surface area contributed by atoms with Gasteiger partial charge in [0.25, 0.3) is 0 Å². The van der Waals surface area contributed by atoms with E-state index in [2.05, 4.69) is 18.8 Å². The lowest BCUT2D eigenvalue weighted by Crippen LogP contribution is -2.12. The van der Waals surface area contributed by atoms with Crippen molar-refractivity contribution in [2.24, 2.45) is 5.92 Å². The molecule has 0 saturated carbocycles. The lowest BCUT2D eigenvalue weighted by molar-refractivity contribution is 0.226. The molecule has 0 N–H and O–H groups in total. The molecule has 1 heterocycles. The molecule has 1 aromatic rings. The average Bonchev–Trinajstić information content (AvgIpc) is 2.40. The average molecular weight is 290 g/mol. The molecule has 0 saturated heterocycles. The Morgan fingerprint density at radius 1 is 1.39 bits per heavy atom. The van der Waals surface area contributed by atoms with Gasteiger partial charge in [-0.2, -0.15) is 0 Å². The Morgan fingerprint density at radius 2 is 2.17 bits per heavy atom. The van der Waals surface area contributed by atoms with Crippen LogP contribution in [0.3, 0.4) is 0 Å². The first kappa shape index (κ1) is 15.6. The van der Waals surface area contributed by atoms with E-state index >= 15 is 0 Å². The van der Waals surface area contributed by atoms with Crippen molar-refractivity contribution < 1.29 is 4.74 Å². The number of halogens is 2. The maximum absolute atomic E-state index is 6.09. The van der Waals surface area contributed by atoms with Crippen LogP contribution in [-0.4, -0.2) is 11.6 Å². The second-order valence-corrected chi connectivity index (χ2v) is 5.17. The molecule has 1 rings (SSSR count). The summed E-state index contributed by atoms with van der Waals surface area (Å²) in [6, 6.07) is 1.81. The number of nitrogens with zero attached hydrogens (tertiary/aromatic N) is 1. The Labute approximate surface area is 120 Å². The van der Waals surface area contributed by atoms with Crippen molar-refractivity contribution in [3.05, 3.63) is 22.8 Å². The van der Waals surface area contributed by atoms with Gasteiger partial charge in [-0.15, -0.1) is 11.6 Å². The summed E-state index contributed by atoms with van der Waals surface area (Å²) in [6.45, 7) is 5.08. The first-order valence-corrected chi connectivity index (χ1v) is 7.45. The zero-order valence-electron chi connectivity index (χ0n) is 11.1. The van der Waals surface area contributed by atoms with E-state index in [-0.39, 0.29) is 0 Å². The molecular weight excluding hydrogens is 269 g/mol. The summed E-state index contributed by atoms with van der Waals surface area (Å²) in [7, 11) is 0. The van der Waals surface area contributed by atoms with E-state index in [4.69, 9.17) is 27.9 Å². The van der Waals surface area contributed by atoms with Crippen LogP contribution in [0.2, 0.25) is 5.02 Å². The zero-order chi connectivity index (χ0) is 13.4. The molecule has 0 aliphatic rings. The standard InChI is InChI=1S/C14H21Cl2NO/c1-3-5-6-11(4-2)10-18-14-13(16)7-12(8-15)9-17-14/h7,9,11H,3-6,8,10H2,1-2H3. The minimum absolute atomic E-state index is 0.418. The van der Waals surface area contributed by atoms with Gasteiger partial charge in [-0.25, -0.2) is 4.98 Å². The summed E-state index contributed by atoms with van der Waals surface area (Å²) in [5.74, 6) is 1.51. The lowest BCUT2D eigenvalue weighted by Gasteiger charge is -2.15. The van der Waals surface area contributed by atoms with Gasteiger partial charge in [0, 0.05) is 12.1 Å². The Hall–Kier alpha value is -0.470. The third kappa shape index (κ3) is 5.03. The topological polar surface area (TPSA) is 22.1 Å². The number of ether oxygens (including phenoxy) is 1. The fraction of sp³-hybridized carbons (Fsp3) is 0.643. The molecule has 1 unspecified atom stereocenters. The number of alkyl halides is 1. The second kappa shape index (κ2) is 8.60. The molecule has 0 fully saturated rings. The lowest BCUT2D eigenvalue weighted by atomic mass is 10.0. The van der Waals surface area contributed by atoms with E-state index in [0.29, 0.717) is 29.3 Å². The Bertz CT molecular complexity index is 358. The van der Waals surface area contributed by atoms with Crippen LogP contribution in [0, 0.1) is 5.92 Å². The highest BCUT2D eigenvalue weighted by molar-refractivity contribution is 6.32. The normalized spacial score (nSPS) is 12.4. The van der Waals surface area contributed by atoms with Crippen molar-refractivity contribution >= 4 is 23.2 Å². The molecule has 0 aromatic carbocycles. The SMILES string of the molecule is CCCCC(CC)COc1ncc(CCl)cc1Cl. The van der Waals surface area contributed by atoms with Gasteiger partial charge in [-0.1, -0.05) is 44.7 Å². The third-order valence-electron chi connectivity index (χ3n) is 3.02. The van der Waals surface area contributed by atoms with Gasteiger partial charge in [0.05, 0.1) is 6.61 Å². The maximum atomic E-state index is 6.09. The van der Waals surface area contributed by atoms with Gasteiger partial charge in [0.1, 0.15) is 5.02 Å². The molecule has 102 valence electrons. The molecule has 0 bridgehead atoms. The molecule has 18 heavy (non-hydrogen) atoms. The van der Waals surface area contributed by atoms with Crippen LogP contribution in [0.5, 0.6) is 5.88 Å². The van der Waals surface area contributed by atoms with E-state index in [1.807, 2.05) is 6.07 Å². The summed E-state index contributed by atoms with van der Waals surface area (Å²) in [4.78, 5) is 4.20. The number of hydrogen-bond acceptors (Lipinski definition) is 2. The summed E-state index contributed by atoms with van der Waals surface area (Å²) >= 11 is 11.8. The van der Waals surface area contributed by atoms with Crippen LogP contribution in [0.15, 0.2) is 12.3 Å². The Kier molecular flexibility index (Phi) is 7.45. The monoisotopic (exact) mass is 289 g/mol. The molecule has 0 spiro atoms. The van der Waals surface area contributed by atoms with Gasteiger partial charge in [0.15, 0.2) is 0 Å². The van der Waals surface area contributed by atoms with Gasteiger partial charge in [-0.3, -0.25) is 0 Å². The highest BCUT2D eigenvalue weighted by Crippen LogP contribution is 2.24. The zero-order valence-corrected chi connectivity index (χ0v) is 12.6. The van der Waals surface area contributed by atoms with Crippen LogP contribution in [0.25, 0.3) is 0 Å². The van der Waals surface area contributed by atoms with Crippen LogP contribution >= 0.6 is 23.2 Å². The van der Waals surface area contributed by atoms with Crippen molar-refractivity contribution in [2.75, 3.05) is 6.61 Å². The number of hydrogen-bond donors (Lipinski definition) is 0. The molecular formula is C14H21Cl2NO. The largest absolute Gasteiger partial charge is 0.476 e. The number of aromatic nitrogens is 1. The van der Waals surface area contributed by atoms with Crippen molar-refractivity contribution in [1.82, 2.24) is 4.98 Å². The fourth-order valence-electron chi connectivity index (χ4n) is 1.74. The summed E-state index contributed by atoms with van der Waals surface area (Å²) in [5.41, 5.74) is 0.909. The molecule has 0 amide bonds. The van der Waals surface area contributed by atoms with E-state index in [9.17, 15) is 0 Å². The smallest absolute Gasteiger partial charge is 0.232 e. The van der Waals surface area contributed by atoms with E-state index < -0.39 is 0 Å². The fourth-order valence-corrected chi connectivity index (χ4v) is 2.13. The molecule has 0 radical (unpaired) electrons. The van der Waals surface area contributed by atoms with E-state index in [0.717, 1.165) is 12.0 Å². The Morgan fingerprint density at radius 3 is 2.72 bits per heavy atom. The van der Waals surface area contributed by atoms with Gasteiger partial charge < -0.3 is 4.74 Å². The summed E-state index contributed by atoms with van der Waals surface area (Å²) in [5, 5.41) is 0.540. The molecule has 2 nitrogen and oxygen atoms in total. The summed E-state index contributed by atoms with van der Waals surface area (Å²) in [6.07, 6.45) is 6.50. The van der Waals surface area contributed by atoms with Crippen LogP contribution < -0.4 is 4.74 Å². The van der Waals surface area contributed by atoms with Crippen molar-refractivity contribution in [3.8, 4) is 5.88 Å². The highest BCUT2D eigenvalue weighted by atomic mass is 35.5. The van der Waals surface area contributed by atoms with Gasteiger partial charge >= 0.3 is 0 Å². The maximum Gasteiger partial charge on any atom is 0.232 e. The van der Waals surface area contributed by atoms with Crippen molar-refractivity contribution in [2.45, 2.75) is 45.4 Å². The second-order valence-electron chi connectivity index (χ2n) is 4.49. The number of unbranched alkanes of at least 4 members (excludes halogenated alkanes) is 1. The third-order valence-corrected chi connectivity index (χ3v) is 3.60. The van der Waals surface area contributed by atoms with Gasteiger partial charge in [0.2, 0.25) is 5.88 Å². The van der Waals surface area contributed by atoms with Gasteiger partial charge in [-0.05, 0) is 24.0 Å². The highest BCUT2D eigenvalue weighted by Gasteiger charge is 2.10. The van der Waals surface area contributed by atoms with Crippen LogP contribution in [0.1, 0.15) is 45.1 Å². The van der Waals surface area contributed by atoms with E-state index in [1.54, 1.807) is 6.20 Å². The van der Waals surface area contributed by atoms with Crippen LogP contribution in [-0.2, 0) is 5.88 Å². The minimum Gasteiger partial charge on any atom is -0.476 e. The van der Waals surface area contributed by atoms with Crippen molar-refractivity contribution in [3.63, 3.8) is 0 Å². The minimum atomic E-state index is 0.418. The molecule has 1 atom stereocenters. The molecule has 1 aromatic heterocycles. The molecule has 0 aliphatic heterocycles. The first-order chi connectivity index (χ1) is 8.71. The Balaban J connectivity index is 2.51. The summed E-state index contributed by atoms with van der Waals surface area (Å²) < 4.78 is 5.70. The molecule has 0 aliphatic carbocycles. The molecule has 4 heteroatoms. The number of rotatable bonds is 8. The van der Waals surface area contributed by atoms with Crippen molar-refractivity contribution in [1.29, 1.82) is 0 Å². The predicted octanol–water partition coefficient (Wildman–Crippen LogP) is 5.07. The first-order valence-electron chi connectivity index (χ1n) is 6.54. The number of pyridine rings is 1. The quantitative estimate of drug-likeness (QED) is 0.624. The van der Waals surface area contributed by atoms with Crippen LogP contribution in [0.4, 0.5) is 0 Å². The van der Waals surface area contributed by atoms with E-state index in [1.165, 1.54) is 19.3 Å².